The number of hydrogen-bond donors (Lipinski definition) is 0. The molecule has 0 spiro atoms. The van der Waals surface area contributed by atoms with E-state index in [4.69, 9.17) is 0 Å². The first-order chi connectivity index (χ1) is 10.1. The molecule has 0 aliphatic carbocycles. The second-order valence-electron chi connectivity index (χ2n) is 5.44. The predicted molar refractivity (Wildman–Crippen MR) is 88.5 cm³/mol. The average molecular weight is 322 g/mol. The van der Waals surface area contributed by atoms with Gasteiger partial charge in [0.05, 0.1) is 6.04 Å². The fraction of sp³-hybridized carbons (Fsp3) is 0.222. The van der Waals surface area contributed by atoms with Crippen molar-refractivity contribution in [3.8, 4) is 0 Å². The van der Waals surface area contributed by atoms with Crippen molar-refractivity contribution in [1.29, 1.82) is 0 Å². The Morgan fingerprint density at radius 1 is 0.909 bits per heavy atom. The zero-order chi connectivity index (χ0) is 14.8. The van der Waals surface area contributed by atoms with Crippen molar-refractivity contribution < 1.29 is 8.78 Å². The first kappa shape index (κ1) is 16.5. The van der Waals surface area contributed by atoms with Crippen LogP contribution in [0, 0.1) is 11.6 Å². The Balaban J connectivity index is 0.00000176. The summed E-state index contributed by atoms with van der Waals surface area (Å²) in [5.41, 5.74) is 3.24. The maximum Gasteiger partial charge on any atom is 0.123 e. The lowest BCUT2D eigenvalue weighted by Gasteiger charge is -2.39. The minimum atomic E-state index is -0.237. The Hall–Kier alpha value is -1.87. The topological polar surface area (TPSA) is 3.24 Å². The van der Waals surface area contributed by atoms with Crippen molar-refractivity contribution in [2.24, 2.45) is 0 Å². The molecule has 1 fully saturated rings. The van der Waals surface area contributed by atoms with E-state index < -0.39 is 0 Å². The van der Waals surface area contributed by atoms with E-state index in [-0.39, 0.29) is 30.1 Å². The molecule has 1 aliphatic heterocycles. The first-order valence-electron chi connectivity index (χ1n) is 7.08. The molecule has 22 heavy (non-hydrogen) atoms. The van der Waals surface area contributed by atoms with Crippen LogP contribution in [0.5, 0.6) is 0 Å². The van der Waals surface area contributed by atoms with Gasteiger partial charge in [-0.15, -0.1) is 12.4 Å². The van der Waals surface area contributed by atoms with Crippen molar-refractivity contribution >= 4 is 18.1 Å². The zero-order valence-corrected chi connectivity index (χ0v) is 13.0. The minimum absolute atomic E-state index is 0. The van der Waals surface area contributed by atoms with E-state index in [2.05, 4.69) is 11.5 Å². The standard InChI is InChI=1S/C18H17F2N.ClH/c1-13-10-11-21(17-8-6-16(20)7-9-17)18(12-13)14-2-4-15(19)5-3-14;/h2-9,18H,1,10-12H2;1H. The molecule has 1 atom stereocenters. The van der Waals surface area contributed by atoms with Gasteiger partial charge in [-0.25, -0.2) is 8.78 Å². The van der Waals surface area contributed by atoms with Crippen LogP contribution in [0.2, 0.25) is 0 Å². The molecule has 1 aliphatic rings. The molecule has 0 N–H and O–H groups in total. The van der Waals surface area contributed by atoms with Gasteiger partial charge >= 0.3 is 0 Å². The lowest BCUT2D eigenvalue weighted by Crippen LogP contribution is -2.34. The molecule has 116 valence electrons. The van der Waals surface area contributed by atoms with E-state index in [1.54, 1.807) is 12.1 Å². The maximum atomic E-state index is 13.1. The third-order valence-corrected chi connectivity index (χ3v) is 3.98. The van der Waals surface area contributed by atoms with Gasteiger partial charge in [0.2, 0.25) is 0 Å². The highest BCUT2D eigenvalue weighted by Gasteiger charge is 2.25. The molecule has 1 heterocycles. The van der Waals surface area contributed by atoms with E-state index in [0.717, 1.165) is 30.6 Å². The summed E-state index contributed by atoms with van der Waals surface area (Å²) in [5, 5.41) is 0. The summed E-state index contributed by atoms with van der Waals surface area (Å²) in [5.74, 6) is -0.472. The SMILES string of the molecule is C=C1CCN(c2ccc(F)cc2)C(c2ccc(F)cc2)C1.Cl. The summed E-state index contributed by atoms with van der Waals surface area (Å²) in [6, 6.07) is 13.2. The highest BCUT2D eigenvalue weighted by molar-refractivity contribution is 5.85. The third-order valence-electron chi connectivity index (χ3n) is 3.98. The molecule has 1 unspecified atom stereocenters. The Kier molecular flexibility index (Phi) is 5.19. The van der Waals surface area contributed by atoms with Crippen LogP contribution < -0.4 is 4.90 Å². The van der Waals surface area contributed by atoms with Crippen molar-refractivity contribution in [2.75, 3.05) is 11.4 Å². The lowest BCUT2D eigenvalue weighted by atomic mass is 9.91. The second-order valence-corrected chi connectivity index (χ2v) is 5.44. The molecular weight excluding hydrogens is 304 g/mol. The summed E-state index contributed by atoms with van der Waals surface area (Å²) in [6.07, 6.45) is 1.76. The Bertz CT molecular complexity index is 637. The fourth-order valence-electron chi connectivity index (χ4n) is 2.84. The minimum Gasteiger partial charge on any atom is -0.364 e. The van der Waals surface area contributed by atoms with Crippen molar-refractivity contribution in [3.05, 3.63) is 77.9 Å². The van der Waals surface area contributed by atoms with E-state index in [0.29, 0.717) is 0 Å². The fourth-order valence-corrected chi connectivity index (χ4v) is 2.84. The summed E-state index contributed by atoms with van der Waals surface area (Å²) in [7, 11) is 0. The summed E-state index contributed by atoms with van der Waals surface area (Å²) in [6.45, 7) is 4.93. The van der Waals surface area contributed by atoms with Gasteiger partial charge in [0.25, 0.3) is 0 Å². The molecule has 0 amide bonds. The molecule has 0 aromatic heterocycles. The molecule has 1 nitrogen and oxygen atoms in total. The van der Waals surface area contributed by atoms with Gasteiger partial charge in [-0.05, 0) is 54.8 Å². The van der Waals surface area contributed by atoms with Crippen LogP contribution in [0.4, 0.5) is 14.5 Å². The van der Waals surface area contributed by atoms with E-state index in [1.165, 1.54) is 29.8 Å². The van der Waals surface area contributed by atoms with Crippen molar-refractivity contribution in [2.45, 2.75) is 18.9 Å². The molecule has 0 radical (unpaired) electrons. The molecule has 0 bridgehead atoms. The molecule has 3 rings (SSSR count). The van der Waals surface area contributed by atoms with Crippen LogP contribution >= 0.6 is 12.4 Å². The molecule has 0 saturated carbocycles. The van der Waals surface area contributed by atoms with Crippen LogP contribution in [-0.4, -0.2) is 6.54 Å². The number of anilines is 1. The first-order valence-corrected chi connectivity index (χ1v) is 7.08. The van der Waals surface area contributed by atoms with Gasteiger partial charge in [0, 0.05) is 12.2 Å². The van der Waals surface area contributed by atoms with Gasteiger partial charge in [0.15, 0.2) is 0 Å². The zero-order valence-electron chi connectivity index (χ0n) is 12.1. The lowest BCUT2D eigenvalue weighted by molar-refractivity contribution is 0.551. The number of halogens is 3. The van der Waals surface area contributed by atoms with Crippen LogP contribution in [0.3, 0.4) is 0 Å². The normalized spacial score (nSPS) is 18.0. The van der Waals surface area contributed by atoms with E-state index in [1.807, 2.05) is 12.1 Å². The molecular formula is C18H18ClF2N. The monoisotopic (exact) mass is 321 g/mol. The summed E-state index contributed by atoms with van der Waals surface area (Å²) >= 11 is 0. The van der Waals surface area contributed by atoms with Gasteiger partial charge in [-0.3, -0.25) is 0 Å². The van der Waals surface area contributed by atoms with Gasteiger partial charge in [-0.2, -0.15) is 0 Å². The van der Waals surface area contributed by atoms with Crippen LogP contribution in [0.15, 0.2) is 60.7 Å². The van der Waals surface area contributed by atoms with E-state index in [9.17, 15) is 8.78 Å². The number of rotatable bonds is 2. The van der Waals surface area contributed by atoms with Gasteiger partial charge < -0.3 is 4.90 Å². The van der Waals surface area contributed by atoms with Crippen molar-refractivity contribution in [1.82, 2.24) is 0 Å². The predicted octanol–water partition coefficient (Wildman–Crippen LogP) is 5.28. The number of nitrogens with zero attached hydrogens (tertiary/aromatic N) is 1. The largest absolute Gasteiger partial charge is 0.364 e. The van der Waals surface area contributed by atoms with Crippen molar-refractivity contribution in [3.63, 3.8) is 0 Å². The molecule has 2 aromatic carbocycles. The molecule has 4 heteroatoms. The number of benzene rings is 2. The van der Waals surface area contributed by atoms with Gasteiger partial charge in [0.1, 0.15) is 11.6 Å². The summed E-state index contributed by atoms with van der Waals surface area (Å²) < 4.78 is 26.2. The number of piperidine rings is 1. The average Bonchev–Trinajstić information content (AvgIpc) is 2.49. The highest BCUT2D eigenvalue weighted by Crippen LogP contribution is 2.36. The quantitative estimate of drug-likeness (QED) is 0.680. The Morgan fingerprint density at radius 2 is 1.45 bits per heavy atom. The molecule has 1 saturated heterocycles. The summed E-state index contributed by atoms with van der Waals surface area (Å²) in [4.78, 5) is 2.24. The maximum absolute atomic E-state index is 13.1. The van der Waals surface area contributed by atoms with Crippen LogP contribution in [0.25, 0.3) is 0 Å². The second kappa shape index (κ2) is 6.93. The van der Waals surface area contributed by atoms with Crippen LogP contribution in [0.1, 0.15) is 24.4 Å². The molecule has 2 aromatic rings. The van der Waals surface area contributed by atoms with E-state index >= 15 is 0 Å². The highest BCUT2D eigenvalue weighted by atomic mass is 35.5. The third kappa shape index (κ3) is 3.47. The number of hydrogen-bond acceptors (Lipinski definition) is 1. The smallest absolute Gasteiger partial charge is 0.123 e. The Morgan fingerprint density at radius 3 is 2.05 bits per heavy atom. The van der Waals surface area contributed by atoms with Gasteiger partial charge in [-0.1, -0.05) is 24.3 Å². The van der Waals surface area contributed by atoms with Crippen LogP contribution in [-0.2, 0) is 0 Å². The Labute approximate surface area is 135 Å².